The van der Waals surface area contributed by atoms with Crippen LogP contribution in [0.25, 0.3) is 0 Å². The third-order valence-corrected chi connectivity index (χ3v) is 4.46. The van der Waals surface area contributed by atoms with Crippen molar-refractivity contribution in [1.29, 1.82) is 0 Å². The Morgan fingerprint density at radius 2 is 2.05 bits per heavy atom. The van der Waals surface area contributed by atoms with Gasteiger partial charge in [0.25, 0.3) is 0 Å². The lowest BCUT2D eigenvalue weighted by molar-refractivity contribution is -0.145. The van der Waals surface area contributed by atoms with Crippen LogP contribution in [0.4, 0.5) is 0 Å². The molecule has 1 heterocycles. The maximum atomic E-state index is 11.4. The highest BCUT2D eigenvalue weighted by atomic mass is 16.4. The van der Waals surface area contributed by atoms with Crippen molar-refractivity contribution in [2.75, 3.05) is 39.8 Å². The first-order valence-electron chi connectivity index (χ1n) is 7.80. The molecule has 0 spiro atoms. The highest BCUT2D eigenvalue weighted by Gasteiger charge is 2.34. The molecular formula is C15H31N3O2. The van der Waals surface area contributed by atoms with Crippen LogP contribution in [0.15, 0.2) is 0 Å². The molecule has 2 unspecified atom stereocenters. The van der Waals surface area contributed by atoms with Crippen LogP contribution in [0, 0.1) is 0 Å². The molecule has 20 heavy (non-hydrogen) atoms. The number of aliphatic carboxylic acids is 1. The molecule has 0 aromatic carbocycles. The zero-order chi connectivity index (χ0) is 15.2. The molecule has 0 saturated carbocycles. The van der Waals surface area contributed by atoms with Gasteiger partial charge < -0.3 is 20.2 Å². The molecule has 5 nitrogen and oxygen atoms in total. The zero-order valence-electron chi connectivity index (χ0n) is 13.5. The van der Waals surface area contributed by atoms with Crippen molar-refractivity contribution in [2.45, 2.75) is 51.6 Å². The first kappa shape index (κ1) is 17.4. The standard InChI is InChI=1S/C15H31N3O2/c1-5-16-15(3,14(19)20)12-13(2)17(4)10-11-18-8-6-7-9-18/h13,16H,5-12H2,1-4H3,(H,19,20). The number of hydrogen-bond acceptors (Lipinski definition) is 4. The SMILES string of the molecule is CCNC(C)(CC(C)N(C)CCN1CCCC1)C(=O)O. The van der Waals surface area contributed by atoms with Crippen LogP contribution < -0.4 is 5.32 Å². The van der Waals surface area contributed by atoms with Gasteiger partial charge in [-0.05, 0) is 59.8 Å². The predicted molar refractivity (Wildman–Crippen MR) is 82.1 cm³/mol. The van der Waals surface area contributed by atoms with E-state index in [1.807, 2.05) is 6.92 Å². The Labute approximate surface area is 123 Å². The Morgan fingerprint density at radius 1 is 1.45 bits per heavy atom. The van der Waals surface area contributed by atoms with Gasteiger partial charge in [-0.15, -0.1) is 0 Å². The van der Waals surface area contributed by atoms with Crippen molar-refractivity contribution < 1.29 is 9.90 Å². The average Bonchev–Trinajstić information content (AvgIpc) is 2.88. The van der Waals surface area contributed by atoms with E-state index in [0.29, 0.717) is 13.0 Å². The lowest BCUT2D eigenvalue weighted by Gasteiger charge is -2.34. The minimum absolute atomic E-state index is 0.248. The quantitative estimate of drug-likeness (QED) is 0.668. The lowest BCUT2D eigenvalue weighted by Crippen LogP contribution is -2.53. The van der Waals surface area contributed by atoms with Gasteiger partial charge in [-0.25, -0.2) is 0 Å². The van der Waals surface area contributed by atoms with Crippen LogP contribution >= 0.6 is 0 Å². The first-order valence-corrected chi connectivity index (χ1v) is 7.80. The minimum atomic E-state index is -0.837. The molecule has 2 atom stereocenters. The second-order valence-corrected chi connectivity index (χ2v) is 6.25. The second kappa shape index (κ2) is 7.96. The van der Waals surface area contributed by atoms with E-state index in [1.165, 1.54) is 25.9 Å². The summed E-state index contributed by atoms with van der Waals surface area (Å²) in [5.41, 5.74) is -0.837. The molecule has 0 bridgehead atoms. The molecule has 1 rings (SSSR count). The van der Waals surface area contributed by atoms with E-state index in [9.17, 15) is 9.90 Å². The average molecular weight is 285 g/mol. The van der Waals surface area contributed by atoms with Gasteiger partial charge in [0.15, 0.2) is 0 Å². The molecule has 1 saturated heterocycles. The summed E-state index contributed by atoms with van der Waals surface area (Å²) in [6.07, 6.45) is 3.25. The molecular weight excluding hydrogens is 254 g/mol. The fraction of sp³-hybridized carbons (Fsp3) is 0.933. The van der Waals surface area contributed by atoms with Gasteiger partial charge in [0.1, 0.15) is 5.54 Å². The van der Waals surface area contributed by atoms with Crippen molar-refractivity contribution in [2.24, 2.45) is 0 Å². The van der Waals surface area contributed by atoms with Crippen molar-refractivity contribution >= 4 is 5.97 Å². The molecule has 1 fully saturated rings. The summed E-state index contributed by atoms with van der Waals surface area (Å²) < 4.78 is 0. The number of rotatable bonds is 9. The molecule has 5 heteroatoms. The number of likely N-dealkylation sites (N-methyl/N-ethyl adjacent to an activating group) is 2. The number of likely N-dealkylation sites (tertiary alicyclic amines) is 1. The number of nitrogens with zero attached hydrogens (tertiary/aromatic N) is 2. The Hall–Kier alpha value is -0.650. The van der Waals surface area contributed by atoms with Crippen molar-refractivity contribution in [1.82, 2.24) is 15.1 Å². The summed E-state index contributed by atoms with van der Waals surface area (Å²) in [6, 6.07) is 0.248. The van der Waals surface area contributed by atoms with Crippen molar-refractivity contribution in [3.8, 4) is 0 Å². The fourth-order valence-electron chi connectivity index (χ4n) is 2.90. The van der Waals surface area contributed by atoms with E-state index in [1.54, 1.807) is 6.92 Å². The van der Waals surface area contributed by atoms with E-state index in [4.69, 9.17) is 0 Å². The normalized spacial score (nSPS) is 21.1. The third-order valence-electron chi connectivity index (χ3n) is 4.46. The second-order valence-electron chi connectivity index (χ2n) is 6.25. The number of carbonyl (C=O) groups is 1. The van der Waals surface area contributed by atoms with Gasteiger partial charge in [0.05, 0.1) is 0 Å². The predicted octanol–water partition coefficient (Wildman–Crippen LogP) is 1.25. The summed E-state index contributed by atoms with van der Waals surface area (Å²) in [5.74, 6) is -0.765. The summed E-state index contributed by atoms with van der Waals surface area (Å²) in [5, 5.41) is 12.5. The zero-order valence-corrected chi connectivity index (χ0v) is 13.5. The number of hydrogen-bond donors (Lipinski definition) is 2. The Balaban J connectivity index is 2.41. The molecule has 0 aromatic rings. The van der Waals surface area contributed by atoms with E-state index in [-0.39, 0.29) is 6.04 Å². The van der Waals surface area contributed by atoms with E-state index in [2.05, 4.69) is 29.1 Å². The molecule has 1 aliphatic rings. The smallest absolute Gasteiger partial charge is 0.323 e. The lowest BCUT2D eigenvalue weighted by atomic mass is 9.93. The van der Waals surface area contributed by atoms with Gasteiger partial charge in [-0.2, -0.15) is 0 Å². The van der Waals surface area contributed by atoms with E-state index >= 15 is 0 Å². The van der Waals surface area contributed by atoms with Crippen LogP contribution in [0.2, 0.25) is 0 Å². The monoisotopic (exact) mass is 285 g/mol. The maximum Gasteiger partial charge on any atom is 0.323 e. The van der Waals surface area contributed by atoms with Crippen LogP contribution in [-0.2, 0) is 4.79 Å². The first-order chi connectivity index (χ1) is 9.39. The molecule has 2 N–H and O–H groups in total. The largest absolute Gasteiger partial charge is 0.480 e. The van der Waals surface area contributed by atoms with Crippen LogP contribution in [0.3, 0.4) is 0 Å². The highest BCUT2D eigenvalue weighted by molar-refractivity contribution is 5.78. The molecule has 118 valence electrons. The summed E-state index contributed by atoms with van der Waals surface area (Å²) >= 11 is 0. The third kappa shape index (κ3) is 5.04. The Kier molecular flexibility index (Phi) is 6.92. The molecule has 0 amide bonds. The topological polar surface area (TPSA) is 55.8 Å². The molecule has 0 aliphatic carbocycles. The number of carboxylic acid groups (broad SMARTS) is 1. The van der Waals surface area contributed by atoms with Crippen molar-refractivity contribution in [3.63, 3.8) is 0 Å². The summed E-state index contributed by atoms with van der Waals surface area (Å²) in [6.45, 7) is 11.0. The van der Waals surface area contributed by atoms with Crippen LogP contribution in [-0.4, -0.2) is 72.2 Å². The molecule has 1 aliphatic heterocycles. The highest BCUT2D eigenvalue weighted by Crippen LogP contribution is 2.16. The van der Waals surface area contributed by atoms with Gasteiger partial charge in [-0.1, -0.05) is 6.92 Å². The van der Waals surface area contributed by atoms with Gasteiger partial charge >= 0.3 is 5.97 Å². The number of nitrogens with one attached hydrogen (secondary N) is 1. The van der Waals surface area contributed by atoms with Crippen molar-refractivity contribution in [3.05, 3.63) is 0 Å². The van der Waals surface area contributed by atoms with E-state index < -0.39 is 11.5 Å². The molecule has 0 radical (unpaired) electrons. The summed E-state index contributed by atoms with van der Waals surface area (Å²) in [4.78, 5) is 16.2. The van der Waals surface area contributed by atoms with Crippen LogP contribution in [0.5, 0.6) is 0 Å². The Bertz CT molecular complexity index is 305. The van der Waals surface area contributed by atoms with Gasteiger partial charge in [0, 0.05) is 19.1 Å². The maximum absolute atomic E-state index is 11.4. The fourth-order valence-corrected chi connectivity index (χ4v) is 2.90. The van der Waals surface area contributed by atoms with E-state index in [0.717, 1.165) is 13.1 Å². The van der Waals surface area contributed by atoms with Crippen LogP contribution in [0.1, 0.15) is 40.0 Å². The Morgan fingerprint density at radius 3 is 2.55 bits per heavy atom. The molecule has 0 aromatic heterocycles. The van der Waals surface area contributed by atoms with Gasteiger partial charge in [-0.3, -0.25) is 4.79 Å². The van der Waals surface area contributed by atoms with Gasteiger partial charge in [0.2, 0.25) is 0 Å². The number of carboxylic acids is 1. The summed E-state index contributed by atoms with van der Waals surface area (Å²) in [7, 11) is 2.09. The minimum Gasteiger partial charge on any atom is -0.480 e.